The standard InChI is InChI=1S/C15H20N2O4/c1-9(15(20)21)8-17(2)14(19)11-7-10-5-3-4-6-12(10)16-13(11)18/h7,9H,3-6,8H2,1-2H3,(H,16,18)(H,20,21). The zero-order valence-corrected chi connectivity index (χ0v) is 12.3. The minimum Gasteiger partial charge on any atom is -0.481 e. The van der Waals surface area contributed by atoms with Crippen LogP contribution < -0.4 is 5.56 Å². The lowest BCUT2D eigenvalue weighted by atomic mass is 9.95. The number of fused-ring (bicyclic) bond motifs is 1. The summed E-state index contributed by atoms with van der Waals surface area (Å²) in [5, 5.41) is 8.89. The molecule has 0 aliphatic heterocycles. The molecule has 1 aliphatic carbocycles. The summed E-state index contributed by atoms with van der Waals surface area (Å²) in [4.78, 5) is 39.3. The smallest absolute Gasteiger partial charge is 0.308 e. The molecule has 1 aromatic rings. The number of carboxylic acids is 1. The number of aromatic amines is 1. The second kappa shape index (κ2) is 6.11. The van der Waals surface area contributed by atoms with E-state index in [-0.39, 0.29) is 12.1 Å². The van der Waals surface area contributed by atoms with Crippen LogP contribution in [0.15, 0.2) is 10.9 Å². The number of amides is 1. The normalized spacial score (nSPS) is 15.1. The molecular weight excluding hydrogens is 272 g/mol. The van der Waals surface area contributed by atoms with Gasteiger partial charge in [0.1, 0.15) is 5.56 Å². The van der Waals surface area contributed by atoms with E-state index in [1.54, 1.807) is 6.07 Å². The first-order valence-corrected chi connectivity index (χ1v) is 7.13. The lowest BCUT2D eigenvalue weighted by molar-refractivity contribution is -0.141. The van der Waals surface area contributed by atoms with E-state index in [2.05, 4.69) is 4.98 Å². The van der Waals surface area contributed by atoms with Crippen LogP contribution in [0.5, 0.6) is 0 Å². The number of aromatic nitrogens is 1. The van der Waals surface area contributed by atoms with Crippen molar-refractivity contribution in [2.24, 2.45) is 5.92 Å². The molecule has 2 N–H and O–H groups in total. The number of nitrogens with zero attached hydrogens (tertiary/aromatic N) is 1. The van der Waals surface area contributed by atoms with Crippen molar-refractivity contribution >= 4 is 11.9 Å². The minimum absolute atomic E-state index is 0.0741. The average Bonchev–Trinajstić information content (AvgIpc) is 2.45. The van der Waals surface area contributed by atoms with E-state index in [9.17, 15) is 14.4 Å². The first-order valence-electron chi connectivity index (χ1n) is 7.13. The van der Waals surface area contributed by atoms with Gasteiger partial charge in [0.15, 0.2) is 0 Å². The maximum atomic E-state index is 12.3. The highest BCUT2D eigenvalue weighted by atomic mass is 16.4. The third-order valence-electron chi connectivity index (χ3n) is 3.88. The van der Waals surface area contributed by atoms with Gasteiger partial charge in [-0.15, -0.1) is 0 Å². The molecule has 21 heavy (non-hydrogen) atoms. The van der Waals surface area contributed by atoms with Crippen LogP contribution in [-0.4, -0.2) is 40.5 Å². The van der Waals surface area contributed by atoms with E-state index in [0.717, 1.165) is 36.9 Å². The maximum Gasteiger partial charge on any atom is 0.308 e. The van der Waals surface area contributed by atoms with Crippen molar-refractivity contribution in [2.45, 2.75) is 32.6 Å². The van der Waals surface area contributed by atoms with Crippen molar-refractivity contribution in [3.8, 4) is 0 Å². The number of pyridine rings is 1. The average molecular weight is 292 g/mol. The molecule has 1 atom stereocenters. The summed E-state index contributed by atoms with van der Waals surface area (Å²) < 4.78 is 0. The van der Waals surface area contributed by atoms with Crippen LogP contribution in [0, 0.1) is 5.92 Å². The summed E-state index contributed by atoms with van der Waals surface area (Å²) in [7, 11) is 1.51. The molecule has 1 unspecified atom stereocenters. The fourth-order valence-corrected chi connectivity index (χ4v) is 2.61. The van der Waals surface area contributed by atoms with Gasteiger partial charge in [0.2, 0.25) is 0 Å². The third-order valence-corrected chi connectivity index (χ3v) is 3.88. The number of hydrogen-bond donors (Lipinski definition) is 2. The molecule has 0 saturated heterocycles. The molecule has 1 amide bonds. The van der Waals surface area contributed by atoms with Crippen molar-refractivity contribution in [2.75, 3.05) is 13.6 Å². The van der Waals surface area contributed by atoms with Gasteiger partial charge in [-0.25, -0.2) is 0 Å². The van der Waals surface area contributed by atoms with Crippen LogP contribution >= 0.6 is 0 Å². The van der Waals surface area contributed by atoms with Gasteiger partial charge < -0.3 is 15.0 Å². The molecule has 0 radical (unpaired) electrons. The summed E-state index contributed by atoms with van der Waals surface area (Å²) in [6.45, 7) is 1.61. The van der Waals surface area contributed by atoms with Crippen molar-refractivity contribution in [1.82, 2.24) is 9.88 Å². The SMILES string of the molecule is CC(CN(C)C(=O)c1cc2c([nH]c1=O)CCCC2)C(=O)O. The van der Waals surface area contributed by atoms with Crippen LogP contribution in [0.2, 0.25) is 0 Å². The number of aliphatic carboxylic acids is 1. The van der Waals surface area contributed by atoms with E-state index >= 15 is 0 Å². The van der Waals surface area contributed by atoms with Gasteiger partial charge in [-0.05, 0) is 37.3 Å². The molecule has 0 bridgehead atoms. The summed E-state index contributed by atoms with van der Waals surface area (Å²) >= 11 is 0. The number of rotatable bonds is 4. The van der Waals surface area contributed by atoms with Crippen LogP contribution in [0.3, 0.4) is 0 Å². The molecule has 2 rings (SSSR count). The largest absolute Gasteiger partial charge is 0.481 e. The Hall–Kier alpha value is -2.11. The Kier molecular flexibility index (Phi) is 4.45. The van der Waals surface area contributed by atoms with Crippen LogP contribution in [-0.2, 0) is 17.6 Å². The number of nitrogens with one attached hydrogen (secondary N) is 1. The summed E-state index contributed by atoms with van der Waals surface area (Å²) in [6, 6.07) is 1.66. The molecule has 0 fully saturated rings. The van der Waals surface area contributed by atoms with Crippen molar-refractivity contribution < 1.29 is 14.7 Å². The highest BCUT2D eigenvalue weighted by molar-refractivity contribution is 5.94. The van der Waals surface area contributed by atoms with Gasteiger partial charge in [-0.1, -0.05) is 6.92 Å². The Morgan fingerprint density at radius 1 is 1.38 bits per heavy atom. The first-order chi connectivity index (χ1) is 9.90. The number of aryl methyl sites for hydroxylation is 2. The second-order valence-electron chi connectivity index (χ2n) is 5.65. The summed E-state index contributed by atoms with van der Waals surface area (Å²) in [5.74, 6) is -2.07. The molecule has 114 valence electrons. The minimum atomic E-state index is -0.964. The summed E-state index contributed by atoms with van der Waals surface area (Å²) in [5.41, 5.74) is 1.64. The van der Waals surface area contributed by atoms with E-state index in [1.807, 2.05) is 0 Å². The lowest BCUT2D eigenvalue weighted by Gasteiger charge is -2.21. The number of carboxylic acid groups (broad SMARTS) is 1. The number of carbonyl (C=O) groups excluding carboxylic acids is 1. The third kappa shape index (κ3) is 3.32. The summed E-state index contributed by atoms with van der Waals surface area (Å²) in [6.07, 6.45) is 3.80. The van der Waals surface area contributed by atoms with E-state index < -0.39 is 23.4 Å². The quantitative estimate of drug-likeness (QED) is 0.867. The zero-order valence-electron chi connectivity index (χ0n) is 12.3. The highest BCUT2D eigenvalue weighted by Crippen LogP contribution is 2.19. The zero-order chi connectivity index (χ0) is 15.6. The first kappa shape index (κ1) is 15.3. The van der Waals surface area contributed by atoms with Gasteiger partial charge in [0, 0.05) is 19.3 Å². The Morgan fingerprint density at radius 2 is 2.05 bits per heavy atom. The predicted molar refractivity (Wildman–Crippen MR) is 77.5 cm³/mol. The fraction of sp³-hybridized carbons (Fsp3) is 0.533. The molecule has 0 spiro atoms. The van der Waals surface area contributed by atoms with Gasteiger partial charge in [0.05, 0.1) is 5.92 Å². The topological polar surface area (TPSA) is 90.5 Å². The monoisotopic (exact) mass is 292 g/mol. The van der Waals surface area contributed by atoms with Gasteiger partial charge in [-0.2, -0.15) is 0 Å². The molecule has 6 nitrogen and oxygen atoms in total. The molecule has 1 heterocycles. The number of H-pyrrole nitrogens is 1. The lowest BCUT2D eigenvalue weighted by Crippen LogP contribution is -2.37. The van der Waals surface area contributed by atoms with Gasteiger partial charge >= 0.3 is 5.97 Å². The van der Waals surface area contributed by atoms with Crippen LogP contribution in [0.4, 0.5) is 0 Å². The molecule has 6 heteroatoms. The van der Waals surface area contributed by atoms with E-state index in [0.29, 0.717) is 0 Å². The van der Waals surface area contributed by atoms with E-state index in [4.69, 9.17) is 5.11 Å². The van der Waals surface area contributed by atoms with Gasteiger partial charge in [0.25, 0.3) is 11.5 Å². The maximum absolute atomic E-state index is 12.3. The van der Waals surface area contributed by atoms with Crippen molar-refractivity contribution in [3.05, 3.63) is 33.2 Å². The predicted octanol–water partition coefficient (Wildman–Crippen LogP) is 1.05. The Morgan fingerprint density at radius 3 is 2.71 bits per heavy atom. The van der Waals surface area contributed by atoms with Crippen molar-refractivity contribution in [3.63, 3.8) is 0 Å². The number of carbonyl (C=O) groups is 2. The van der Waals surface area contributed by atoms with Crippen LogP contribution in [0.25, 0.3) is 0 Å². The highest BCUT2D eigenvalue weighted by Gasteiger charge is 2.22. The Bertz CT molecular complexity index is 621. The van der Waals surface area contributed by atoms with Gasteiger partial charge in [-0.3, -0.25) is 14.4 Å². The van der Waals surface area contributed by atoms with E-state index in [1.165, 1.54) is 18.9 Å². The van der Waals surface area contributed by atoms with Crippen molar-refractivity contribution in [1.29, 1.82) is 0 Å². The van der Waals surface area contributed by atoms with Crippen LogP contribution in [0.1, 0.15) is 41.4 Å². The molecule has 0 saturated carbocycles. The molecule has 1 aliphatic rings. The molecular formula is C15H20N2O4. The second-order valence-corrected chi connectivity index (χ2v) is 5.65. The molecule has 0 aromatic carbocycles. The molecule has 1 aromatic heterocycles. The Labute approximate surface area is 122 Å². The fourth-order valence-electron chi connectivity index (χ4n) is 2.61. The number of hydrogen-bond acceptors (Lipinski definition) is 3. The Balaban J connectivity index is 2.23.